The lowest BCUT2D eigenvalue weighted by atomic mass is 10.2. The SMILES string of the molecule is CC(C)(C)[S@](=O)/N=C/c1cc(F)c2c(c1)ncn2COCC[Si](C)(C)C. The van der Waals surface area contributed by atoms with Gasteiger partial charge in [0.1, 0.15) is 29.1 Å². The van der Waals surface area contributed by atoms with Gasteiger partial charge in [-0.15, -0.1) is 0 Å². The summed E-state index contributed by atoms with van der Waals surface area (Å²) in [6.45, 7) is 13.3. The van der Waals surface area contributed by atoms with E-state index in [2.05, 4.69) is 29.0 Å². The molecule has 0 aliphatic carbocycles. The average molecular weight is 398 g/mol. The highest BCUT2D eigenvalue weighted by molar-refractivity contribution is 7.85. The van der Waals surface area contributed by atoms with Crippen molar-refractivity contribution in [2.45, 2.75) is 57.9 Å². The third-order valence-corrected chi connectivity index (χ3v) is 6.79. The molecule has 0 aliphatic heterocycles. The van der Waals surface area contributed by atoms with E-state index >= 15 is 0 Å². The van der Waals surface area contributed by atoms with E-state index in [9.17, 15) is 8.60 Å². The monoisotopic (exact) mass is 397 g/mol. The molecule has 0 fully saturated rings. The molecule has 1 heterocycles. The molecule has 1 aromatic heterocycles. The summed E-state index contributed by atoms with van der Waals surface area (Å²) in [5.41, 5.74) is 1.48. The van der Waals surface area contributed by atoms with Gasteiger partial charge >= 0.3 is 0 Å². The molecule has 5 nitrogen and oxygen atoms in total. The van der Waals surface area contributed by atoms with Crippen LogP contribution in [0.1, 0.15) is 26.3 Å². The lowest BCUT2D eigenvalue weighted by Crippen LogP contribution is -2.22. The van der Waals surface area contributed by atoms with Gasteiger partial charge in [-0.3, -0.25) is 0 Å². The minimum Gasteiger partial charge on any atom is -0.361 e. The van der Waals surface area contributed by atoms with Crippen LogP contribution in [0.25, 0.3) is 11.0 Å². The molecule has 8 heteroatoms. The topological polar surface area (TPSA) is 56.5 Å². The molecule has 2 aromatic rings. The first-order chi connectivity index (χ1) is 12.0. The van der Waals surface area contributed by atoms with Crippen LogP contribution in [-0.2, 0) is 22.5 Å². The van der Waals surface area contributed by atoms with Crippen molar-refractivity contribution in [3.63, 3.8) is 0 Å². The molecule has 1 atom stereocenters. The third-order valence-electron chi connectivity index (χ3n) is 3.74. The van der Waals surface area contributed by atoms with Gasteiger partial charge in [-0.05, 0) is 44.5 Å². The Balaban J connectivity index is 2.13. The van der Waals surface area contributed by atoms with E-state index in [1.807, 2.05) is 20.8 Å². The second-order valence-electron chi connectivity index (χ2n) is 8.53. The minimum atomic E-state index is -1.38. The predicted molar refractivity (Wildman–Crippen MR) is 109 cm³/mol. The second-order valence-corrected chi connectivity index (χ2v) is 16.1. The largest absolute Gasteiger partial charge is 0.361 e. The van der Waals surface area contributed by atoms with E-state index in [4.69, 9.17) is 4.74 Å². The summed E-state index contributed by atoms with van der Waals surface area (Å²) in [7, 11) is -2.53. The lowest BCUT2D eigenvalue weighted by Gasteiger charge is -2.15. The highest BCUT2D eigenvalue weighted by Gasteiger charge is 2.18. The maximum Gasteiger partial charge on any atom is 0.149 e. The predicted octanol–water partition coefficient (Wildman–Crippen LogP) is 4.37. The number of hydrogen-bond donors (Lipinski definition) is 0. The van der Waals surface area contributed by atoms with Gasteiger partial charge in [-0.2, -0.15) is 4.40 Å². The smallest absolute Gasteiger partial charge is 0.149 e. The van der Waals surface area contributed by atoms with Crippen LogP contribution in [-0.4, -0.2) is 39.4 Å². The van der Waals surface area contributed by atoms with Crippen LogP contribution < -0.4 is 0 Å². The minimum absolute atomic E-state index is 0.277. The Kier molecular flexibility index (Phi) is 6.52. The number of rotatable bonds is 7. The number of halogens is 1. The van der Waals surface area contributed by atoms with Gasteiger partial charge < -0.3 is 9.30 Å². The zero-order valence-corrected chi connectivity index (χ0v) is 18.2. The van der Waals surface area contributed by atoms with Crippen molar-refractivity contribution in [3.8, 4) is 0 Å². The first-order valence-electron chi connectivity index (χ1n) is 8.65. The fraction of sp³-hybridized carbons (Fsp3) is 0.556. The van der Waals surface area contributed by atoms with Crippen molar-refractivity contribution < 1.29 is 13.3 Å². The number of benzene rings is 1. The molecule has 0 N–H and O–H groups in total. The molecule has 0 aliphatic rings. The molecule has 2 rings (SSSR count). The second kappa shape index (κ2) is 8.10. The van der Waals surface area contributed by atoms with Crippen LogP contribution >= 0.6 is 0 Å². The Morgan fingerprint density at radius 3 is 2.65 bits per heavy atom. The van der Waals surface area contributed by atoms with Crippen LogP contribution in [0.3, 0.4) is 0 Å². The molecule has 0 amide bonds. The molecule has 0 bridgehead atoms. The standard InChI is InChI=1S/C18H28FN3O2SSi/c1-18(2,3)25(23)21-11-14-9-15(19)17-16(10-14)20-12-22(17)13-24-7-8-26(4,5)6/h9-12H,7-8,13H2,1-6H3/b21-11+/t25-/m0/s1. The Morgan fingerprint density at radius 1 is 1.35 bits per heavy atom. The van der Waals surface area contributed by atoms with Crippen LogP contribution in [0.5, 0.6) is 0 Å². The first-order valence-corrected chi connectivity index (χ1v) is 13.5. The van der Waals surface area contributed by atoms with Gasteiger partial charge in [0.05, 0.1) is 16.6 Å². The van der Waals surface area contributed by atoms with Crippen LogP contribution in [0, 0.1) is 5.82 Å². The van der Waals surface area contributed by atoms with Crippen molar-refractivity contribution in [2.75, 3.05) is 6.61 Å². The Hall–Kier alpha value is -1.38. The summed E-state index contributed by atoms with van der Waals surface area (Å²) in [4.78, 5) is 4.26. The van der Waals surface area contributed by atoms with Crippen LogP contribution in [0.2, 0.25) is 25.7 Å². The highest BCUT2D eigenvalue weighted by Crippen LogP contribution is 2.20. The molecule has 0 spiro atoms. The molecule has 0 radical (unpaired) electrons. The van der Waals surface area contributed by atoms with Crippen LogP contribution in [0.15, 0.2) is 22.9 Å². The third kappa shape index (κ3) is 5.82. The lowest BCUT2D eigenvalue weighted by molar-refractivity contribution is 0.0895. The molecule has 0 unspecified atom stereocenters. The normalized spacial score (nSPS) is 14.4. The average Bonchev–Trinajstić information content (AvgIpc) is 2.91. The van der Waals surface area contributed by atoms with Gasteiger partial charge in [0.2, 0.25) is 0 Å². The zero-order valence-electron chi connectivity index (χ0n) is 16.4. The molecule has 0 saturated heterocycles. The summed E-state index contributed by atoms with van der Waals surface area (Å²) in [6.07, 6.45) is 3.02. The van der Waals surface area contributed by atoms with Gasteiger partial charge in [-0.1, -0.05) is 19.6 Å². The van der Waals surface area contributed by atoms with Gasteiger partial charge in [0.25, 0.3) is 0 Å². The fourth-order valence-corrected chi connectivity index (χ4v) is 3.45. The summed E-state index contributed by atoms with van der Waals surface area (Å²) >= 11 is 0. The van der Waals surface area contributed by atoms with Crippen molar-refractivity contribution in [2.24, 2.45) is 4.40 Å². The summed E-state index contributed by atoms with van der Waals surface area (Å²) in [5.74, 6) is -0.392. The number of hydrogen-bond acceptors (Lipinski definition) is 3. The number of ether oxygens (including phenoxy) is 1. The van der Waals surface area contributed by atoms with Gasteiger partial charge in [0.15, 0.2) is 0 Å². The number of fused-ring (bicyclic) bond motifs is 1. The van der Waals surface area contributed by atoms with E-state index in [0.29, 0.717) is 23.2 Å². The quantitative estimate of drug-likeness (QED) is 0.396. The molecule has 26 heavy (non-hydrogen) atoms. The van der Waals surface area contributed by atoms with Crippen molar-refractivity contribution in [1.29, 1.82) is 0 Å². The van der Waals surface area contributed by atoms with Crippen molar-refractivity contribution in [3.05, 3.63) is 29.8 Å². The highest BCUT2D eigenvalue weighted by atomic mass is 32.2. The summed E-state index contributed by atoms with van der Waals surface area (Å²) in [5, 5.41) is 0. The van der Waals surface area contributed by atoms with Crippen LogP contribution in [0.4, 0.5) is 4.39 Å². The molecular weight excluding hydrogens is 369 g/mol. The maximum atomic E-state index is 14.6. The summed E-state index contributed by atoms with van der Waals surface area (Å²) < 4.78 is 37.5. The summed E-state index contributed by atoms with van der Waals surface area (Å²) in [6, 6.07) is 4.18. The number of aromatic nitrogens is 2. The zero-order chi connectivity index (χ0) is 19.5. The molecule has 0 saturated carbocycles. The number of imidazole rings is 1. The Bertz CT molecular complexity index is 822. The van der Waals surface area contributed by atoms with Gasteiger partial charge in [0, 0.05) is 20.9 Å². The van der Waals surface area contributed by atoms with Crippen molar-refractivity contribution >= 4 is 36.3 Å². The Labute approximate surface area is 158 Å². The molecular formula is C18H28FN3O2SSi. The van der Waals surface area contributed by atoms with E-state index in [-0.39, 0.29) is 6.73 Å². The van der Waals surface area contributed by atoms with Crippen molar-refractivity contribution in [1.82, 2.24) is 9.55 Å². The molecule has 144 valence electrons. The first kappa shape index (κ1) is 20.9. The van der Waals surface area contributed by atoms with E-state index in [1.165, 1.54) is 12.3 Å². The van der Waals surface area contributed by atoms with E-state index in [1.54, 1.807) is 17.0 Å². The fourth-order valence-electron chi connectivity index (χ4n) is 2.16. The number of nitrogens with zero attached hydrogens (tertiary/aromatic N) is 3. The molecule has 1 aromatic carbocycles. The maximum absolute atomic E-state index is 14.6. The van der Waals surface area contributed by atoms with E-state index in [0.717, 1.165) is 6.04 Å². The Morgan fingerprint density at radius 2 is 2.04 bits per heavy atom. The van der Waals surface area contributed by atoms with E-state index < -0.39 is 29.6 Å². The van der Waals surface area contributed by atoms with Gasteiger partial charge in [-0.25, -0.2) is 13.6 Å².